The van der Waals surface area contributed by atoms with E-state index in [1.807, 2.05) is 11.3 Å². The highest BCUT2D eigenvalue weighted by Crippen LogP contribution is 2.34. The summed E-state index contributed by atoms with van der Waals surface area (Å²) < 4.78 is 5.55. The van der Waals surface area contributed by atoms with Gasteiger partial charge in [-0.3, -0.25) is 9.89 Å². The summed E-state index contributed by atoms with van der Waals surface area (Å²) in [6.07, 6.45) is 2.69. The average molecular weight is 394 g/mol. The van der Waals surface area contributed by atoms with Crippen LogP contribution in [0.25, 0.3) is 0 Å². The van der Waals surface area contributed by atoms with E-state index >= 15 is 0 Å². The maximum atomic E-state index is 5.55. The first kappa shape index (κ1) is 20.6. The number of nitrogens with one attached hydrogen (secondary N) is 2. The predicted molar refractivity (Wildman–Crippen MR) is 114 cm³/mol. The number of nitrogens with zero attached hydrogens (tertiary/aromatic N) is 3. The molecular weight excluding hydrogens is 358 g/mol. The number of hydrogen-bond donors (Lipinski definition) is 2. The molecule has 2 unspecified atom stereocenters. The van der Waals surface area contributed by atoms with Gasteiger partial charge >= 0.3 is 0 Å². The van der Waals surface area contributed by atoms with E-state index in [1.54, 1.807) is 0 Å². The minimum atomic E-state index is 0.367. The van der Waals surface area contributed by atoms with E-state index in [1.165, 1.54) is 17.7 Å². The van der Waals surface area contributed by atoms with Gasteiger partial charge < -0.3 is 20.3 Å². The van der Waals surface area contributed by atoms with Crippen LogP contribution in [0, 0.1) is 5.92 Å². The number of aliphatic imine (C=N–C) groups is 1. The molecule has 1 saturated heterocycles. The second-order valence-corrected chi connectivity index (χ2v) is 8.63. The minimum Gasteiger partial charge on any atom is -0.379 e. The number of rotatable bonds is 9. The van der Waals surface area contributed by atoms with E-state index < -0.39 is 0 Å². The zero-order valence-electron chi connectivity index (χ0n) is 17.0. The molecule has 152 valence electrons. The Hall–Kier alpha value is -1.15. The van der Waals surface area contributed by atoms with E-state index in [4.69, 9.17) is 9.73 Å². The van der Waals surface area contributed by atoms with Gasteiger partial charge in [0.2, 0.25) is 0 Å². The van der Waals surface area contributed by atoms with Crippen molar-refractivity contribution in [1.82, 2.24) is 20.4 Å². The Morgan fingerprint density at radius 1 is 1.33 bits per heavy atom. The van der Waals surface area contributed by atoms with Gasteiger partial charge in [0, 0.05) is 37.1 Å². The van der Waals surface area contributed by atoms with Crippen LogP contribution in [-0.2, 0) is 4.74 Å². The highest BCUT2D eigenvalue weighted by atomic mass is 32.1. The molecule has 2 fully saturated rings. The largest absolute Gasteiger partial charge is 0.379 e. The van der Waals surface area contributed by atoms with Crippen LogP contribution in [0.3, 0.4) is 0 Å². The van der Waals surface area contributed by atoms with E-state index in [-0.39, 0.29) is 0 Å². The van der Waals surface area contributed by atoms with Crippen LogP contribution in [0.2, 0.25) is 0 Å². The fraction of sp³-hybridized carbons (Fsp3) is 0.750. The van der Waals surface area contributed by atoms with Gasteiger partial charge in [0.25, 0.3) is 0 Å². The molecule has 1 aromatic heterocycles. The summed E-state index contributed by atoms with van der Waals surface area (Å²) >= 11 is 1.83. The average Bonchev–Trinajstić information content (AvgIpc) is 3.36. The first-order valence-corrected chi connectivity index (χ1v) is 11.1. The number of likely N-dealkylation sites (N-methyl/N-ethyl adjacent to an activating group) is 1. The summed E-state index contributed by atoms with van der Waals surface area (Å²) in [5.41, 5.74) is 0. The van der Waals surface area contributed by atoms with Crippen LogP contribution in [0.5, 0.6) is 0 Å². The monoisotopic (exact) mass is 393 g/mol. The maximum Gasteiger partial charge on any atom is 0.191 e. The van der Waals surface area contributed by atoms with E-state index in [2.05, 4.69) is 59.0 Å². The molecule has 1 saturated carbocycles. The smallest absolute Gasteiger partial charge is 0.191 e. The van der Waals surface area contributed by atoms with E-state index in [0.29, 0.717) is 12.1 Å². The highest BCUT2D eigenvalue weighted by molar-refractivity contribution is 7.10. The van der Waals surface area contributed by atoms with Gasteiger partial charge in [0.1, 0.15) is 0 Å². The van der Waals surface area contributed by atoms with Crippen molar-refractivity contribution in [3.63, 3.8) is 0 Å². The number of guanidine groups is 1. The van der Waals surface area contributed by atoms with Gasteiger partial charge in [-0.15, -0.1) is 11.3 Å². The molecule has 0 radical (unpaired) electrons. The molecule has 1 aromatic rings. The first-order valence-electron chi connectivity index (χ1n) is 10.2. The lowest BCUT2D eigenvalue weighted by molar-refractivity contribution is 0.0177. The van der Waals surface area contributed by atoms with Crippen molar-refractivity contribution in [3.05, 3.63) is 22.4 Å². The molecule has 0 spiro atoms. The quantitative estimate of drug-likeness (QED) is 0.497. The molecule has 2 heterocycles. The summed E-state index contributed by atoms with van der Waals surface area (Å²) in [6.45, 7) is 8.34. The minimum absolute atomic E-state index is 0.367. The van der Waals surface area contributed by atoms with Crippen LogP contribution in [0.15, 0.2) is 22.5 Å². The van der Waals surface area contributed by atoms with Gasteiger partial charge in [-0.25, -0.2) is 0 Å². The number of thiophene rings is 1. The Morgan fingerprint density at radius 3 is 2.70 bits per heavy atom. The van der Waals surface area contributed by atoms with Crippen molar-refractivity contribution in [2.45, 2.75) is 31.8 Å². The second kappa shape index (κ2) is 10.4. The van der Waals surface area contributed by atoms with Crippen molar-refractivity contribution < 1.29 is 4.74 Å². The SMILES string of the molecule is CCNC(=NCC(C1CC1)N(C)C)NCC(c1cccs1)N1CCOCC1. The van der Waals surface area contributed by atoms with Crippen molar-refractivity contribution in [1.29, 1.82) is 0 Å². The van der Waals surface area contributed by atoms with Gasteiger partial charge in [-0.2, -0.15) is 0 Å². The van der Waals surface area contributed by atoms with Crippen LogP contribution in [0.4, 0.5) is 0 Å². The van der Waals surface area contributed by atoms with Crippen LogP contribution in [-0.4, -0.2) is 81.8 Å². The predicted octanol–water partition coefficient (Wildman–Crippen LogP) is 2.02. The Bertz CT molecular complexity index is 565. The Labute approximate surface area is 168 Å². The van der Waals surface area contributed by atoms with Crippen LogP contribution < -0.4 is 10.6 Å². The molecule has 0 aromatic carbocycles. The molecule has 27 heavy (non-hydrogen) atoms. The zero-order chi connectivity index (χ0) is 19.1. The van der Waals surface area contributed by atoms with Gasteiger partial charge in [0.05, 0.1) is 25.8 Å². The topological polar surface area (TPSA) is 52.1 Å². The summed E-state index contributed by atoms with van der Waals surface area (Å²) in [4.78, 5) is 11.2. The first-order chi connectivity index (χ1) is 13.2. The second-order valence-electron chi connectivity index (χ2n) is 7.65. The standard InChI is InChI=1S/C20H35N5OS/c1-4-21-20(22-14-17(24(2)3)16-7-8-16)23-15-18(19-6-5-13-27-19)25-9-11-26-12-10-25/h5-6,13,16-18H,4,7-12,14-15H2,1-3H3,(H2,21,22,23). The summed E-state index contributed by atoms with van der Waals surface area (Å²) in [5.74, 6) is 1.75. The summed E-state index contributed by atoms with van der Waals surface area (Å²) in [7, 11) is 4.34. The number of ether oxygens (including phenoxy) is 1. The van der Waals surface area contributed by atoms with E-state index in [9.17, 15) is 0 Å². The molecule has 2 atom stereocenters. The van der Waals surface area contributed by atoms with Crippen molar-refractivity contribution in [2.75, 3.05) is 60.0 Å². The third-order valence-electron chi connectivity index (χ3n) is 5.43. The lowest BCUT2D eigenvalue weighted by atomic mass is 10.1. The van der Waals surface area contributed by atoms with E-state index in [0.717, 1.165) is 57.8 Å². The Morgan fingerprint density at radius 2 is 2.11 bits per heavy atom. The Kier molecular flexibility index (Phi) is 7.93. The van der Waals surface area contributed by atoms with Gasteiger partial charge in [-0.1, -0.05) is 6.07 Å². The lowest BCUT2D eigenvalue weighted by Crippen LogP contribution is -2.46. The molecular formula is C20H35N5OS. The fourth-order valence-electron chi connectivity index (χ4n) is 3.71. The highest BCUT2D eigenvalue weighted by Gasteiger charge is 2.32. The summed E-state index contributed by atoms with van der Waals surface area (Å²) in [6, 6.07) is 5.30. The molecule has 2 N–H and O–H groups in total. The van der Waals surface area contributed by atoms with Gasteiger partial charge in [0.15, 0.2) is 5.96 Å². The van der Waals surface area contributed by atoms with Crippen molar-refractivity contribution in [3.8, 4) is 0 Å². The van der Waals surface area contributed by atoms with Crippen LogP contribution >= 0.6 is 11.3 Å². The van der Waals surface area contributed by atoms with Crippen molar-refractivity contribution in [2.24, 2.45) is 10.9 Å². The third-order valence-corrected chi connectivity index (χ3v) is 6.40. The zero-order valence-corrected chi connectivity index (χ0v) is 17.8. The molecule has 1 aliphatic heterocycles. The molecule has 1 aliphatic carbocycles. The molecule has 0 bridgehead atoms. The third kappa shape index (κ3) is 6.17. The molecule has 3 rings (SSSR count). The molecule has 0 amide bonds. The Balaban J connectivity index is 1.62. The molecule has 2 aliphatic rings. The number of hydrogen-bond acceptors (Lipinski definition) is 5. The number of morpholine rings is 1. The van der Waals surface area contributed by atoms with Crippen LogP contribution in [0.1, 0.15) is 30.7 Å². The van der Waals surface area contributed by atoms with Gasteiger partial charge in [-0.05, 0) is 51.2 Å². The molecule has 6 nitrogen and oxygen atoms in total. The summed E-state index contributed by atoms with van der Waals surface area (Å²) in [5, 5.41) is 9.19. The normalized spacial score (nSPS) is 21.3. The van der Waals surface area contributed by atoms with Crippen molar-refractivity contribution >= 4 is 17.3 Å². The fourth-order valence-corrected chi connectivity index (χ4v) is 4.58. The maximum absolute atomic E-state index is 5.55. The lowest BCUT2D eigenvalue weighted by Gasteiger charge is -2.34. The molecule has 7 heteroatoms.